The second-order valence-electron chi connectivity index (χ2n) is 6.77. The third-order valence-corrected chi connectivity index (χ3v) is 6.11. The van der Waals surface area contributed by atoms with Crippen LogP contribution in [0.1, 0.15) is 22.1 Å². The van der Waals surface area contributed by atoms with Crippen molar-refractivity contribution in [2.45, 2.75) is 25.3 Å². The molecule has 0 aliphatic carbocycles. The van der Waals surface area contributed by atoms with Crippen molar-refractivity contribution < 1.29 is 24.1 Å². The summed E-state index contributed by atoms with van der Waals surface area (Å²) in [6, 6.07) is 9.08. The van der Waals surface area contributed by atoms with Crippen LogP contribution in [0.2, 0.25) is 5.02 Å². The number of hydrogen-bond donors (Lipinski definition) is 2. The van der Waals surface area contributed by atoms with E-state index in [1.807, 2.05) is 38.1 Å². The van der Waals surface area contributed by atoms with Gasteiger partial charge in [0, 0.05) is 5.75 Å². The summed E-state index contributed by atoms with van der Waals surface area (Å²) in [7, 11) is 1.55. The van der Waals surface area contributed by atoms with Crippen LogP contribution >= 0.6 is 23.4 Å². The van der Waals surface area contributed by atoms with Crippen LogP contribution in [0, 0.1) is 13.8 Å². The number of ether oxygens (including phenoxy) is 3. The Morgan fingerprint density at radius 2 is 1.97 bits per heavy atom. The predicted octanol–water partition coefficient (Wildman–Crippen LogP) is 4.21. The van der Waals surface area contributed by atoms with E-state index in [1.54, 1.807) is 13.2 Å². The molecule has 1 aliphatic heterocycles. The maximum absolute atomic E-state index is 11.2. The predicted molar refractivity (Wildman–Crippen MR) is 115 cm³/mol. The molecule has 0 aromatic heterocycles. The smallest absolute Gasteiger partial charge is 0.321 e. The lowest BCUT2D eigenvalue weighted by Gasteiger charge is -2.17. The van der Waals surface area contributed by atoms with Crippen LogP contribution in [0.25, 0.3) is 0 Å². The van der Waals surface area contributed by atoms with Crippen molar-refractivity contribution >= 4 is 29.3 Å². The fourth-order valence-electron chi connectivity index (χ4n) is 3.00. The first-order valence-corrected chi connectivity index (χ1v) is 10.6. The van der Waals surface area contributed by atoms with Gasteiger partial charge in [0.1, 0.15) is 25.0 Å². The van der Waals surface area contributed by atoms with Crippen LogP contribution in [0.4, 0.5) is 0 Å². The number of thioether (sulfide) groups is 1. The largest absolute Gasteiger partial charge is 0.493 e. The standard InChI is InChI=1S/C21H24ClNO5S/c1-12-4-5-13(2)17(8-12)27-6-7-28-19-15(22)9-14(10-18(19)26-3)20-23-16(11-29-20)21(24)25/h4-5,8-10,16,20,23H,6-7,11H2,1-3H3,(H,24,25). The van der Waals surface area contributed by atoms with Gasteiger partial charge in [-0.1, -0.05) is 23.7 Å². The van der Waals surface area contributed by atoms with Gasteiger partial charge in [0.05, 0.1) is 17.5 Å². The number of rotatable bonds is 8. The van der Waals surface area contributed by atoms with Gasteiger partial charge in [-0.15, -0.1) is 11.8 Å². The van der Waals surface area contributed by atoms with Gasteiger partial charge in [-0.25, -0.2) is 0 Å². The number of carboxylic acid groups (broad SMARTS) is 1. The number of benzene rings is 2. The molecule has 0 radical (unpaired) electrons. The van der Waals surface area contributed by atoms with E-state index < -0.39 is 12.0 Å². The summed E-state index contributed by atoms with van der Waals surface area (Å²) in [5.41, 5.74) is 3.05. The highest BCUT2D eigenvalue weighted by Gasteiger charge is 2.31. The van der Waals surface area contributed by atoms with Gasteiger partial charge in [0.2, 0.25) is 0 Å². The molecule has 3 rings (SSSR count). The van der Waals surface area contributed by atoms with Gasteiger partial charge in [-0.2, -0.15) is 0 Å². The van der Waals surface area contributed by atoms with Gasteiger partial charge in [0.25, 0.3) is 0 Å². The minimum Gasteiger partial charge on any atom is -0.493 e. The SMILES string of the molecule is COc1cc(C2NC(C(=O)O)CS2)cc(Cl)c1OCCOc1cc(C)ccc1C. The molecule has 0 amide bonds. The van der Waals surface area contributed by atoms with Crippen molar-refractivity contribution in [1.82, 2.24) is 5.32 Å². The molecular weight excluding hydrogens is 414 g/mol. The molecule has 2 atom stereocenters. The average molecular weight is 438 g/mol. The van der Waals surface area contributed by atoms with Crippen molar-refractivity contribution in [3.05, 3.63) is 52.0 Å². The van der Waals surface area contributed by atoms with Crippen LogP contribution in [0.3, 0.4) is 0 Å². The second-order valence-corrected chi connectivity index (χ2v) is 8.32. The number of nitrogens with one attached hydrogen (secondary N) is 1. The number of carbonyl (C=O) groups is 1. The molecule has 0 saturated carbocycles. The maximum atomic E-state index is 11.2. The topological polar surface area (TPSA) is 77.0 Å². The minimum atomic E-state index is -0.859. The summed E-state index contributed by atoms with van der Waals surface area (Å²) in [5.74, 6) is 1.41. The molecular formula is C21H24ClNO5S. The zero-order valence-corrected chi connectivity index (χ0v) is 18.1. The average Bonchev–Trinajstić information content (AvgIpc) is 3.19. The Hall–Kier alpha value is -2.09. The van der Waals surface area contributed by atoms with Gasteiger partial charge in [0.15, 0.2) is 11.5 Å². The molecule has 0 bridgehead atoms. The maximum Gasteiger partial charge on any atom is 0.321 e. The van der Waals surface area contributed by atoms with Gasteiger partial charge in [-0.05, 0) is 48.7 Å². The number of methoxy groups -OCH3 is 1. The van der Waals surface area contributed by atoms with E-state index >= 15 is 0 Å². The number of hydrogen-bond acceptors (Lipinski definition) is 6. The lowest BCUT2D eigenvalue weighted by atomic mass is 10.1. The van der Waals surface area contributed by atoms with Crippen LogP contribution in [-0.4, -0.2) is 43.2 Å². The van der Waals surface area contributed by atoms with Crippen LogP contribution < -0.4 is 19.5 Å². The molecule has 0 spiro atoms. The Labute approximate surface area is 179 Å². The summed E-state index contributed by atoms with van der Waals surface area (Å²) < 4.78 is 17.1. The van der Waals surface area contributed by atoms with Gasteiger partial charge >= 0.3 is 5.97 Å². The van der Waals surface area contributed by atoms with E-state index in [4.69, 9.17) is 30.9 Å². The Morgan fingerprint density at radius 3 is 2.66 bits per heavy atom. The third kappa shape index (κ3) is 5.29. The Morgan fingerprint density at radius 1 is 1.21 bits per heavy atom. The molecule has 8 heteroatoms. The fourth-order valence-corrected chi connectivity index (χ4v) is 4.48. The number of halogens is 1. The summed E-state index contributed by atoms with van der Waals surface area (Å²) in [6.07, 6.45) is 0. The summed E-state index contributed by atoms with van der Waals surface area (Å²) in [4.78, 5) is 11.2. The molecule has 2 aromatic rings. The van der Waals surface area contributed by atoms with Crippen molar-refractivity contribution in [1.29, 1.82) is 0 Å². The highest BCUT2D eigenvalue weighted by molar-refractivity contribution is 7.99. The zero-order valence-electron chi connectivity index (χ0n) is 16.5. The first-order chi connectivity index (χ1) is 13.9. The second kappa shape index (κ2) is 9.61. The molecule has 1 aliphatic rings. The van der Waals surface area contributed by atoms with Crippen molar-refractivity contribution in [3.8, 4) is 17.2 Å². The van der Waals surface area contributed by atoms with Crippen molar-refractivity contribution in [2.75, 3.05) is 26.1 Å². The summed E-state index contributed by atoms with van der Waals surface area (Å²) >= 11 is 7.95. The highest BCUT2D eigenvalue weighted by atomic mass is 35.5. The molecule has 1 fully saturated rings. The number of aliphatic carboxylic acids is 1. The molecule has 1 heterocycles. The van der Waals surface area contributed by atoms with E-state index in [1.165, 1.54) is 11.8 Å². The summed E-state index contributed by atoms with van der Waals surface area (Å²) in [6.45, 7) is 4.69. The van der Waals surface area contributed by atoms with Crippen molar-refractivity contribution in [3.63, 3.8) is 0 Å². The first-order valence-electron chi connectivity index (χ1n) is 9.19. The lowest BCUT2D eigenvalue weighted by Crippen LogP contribution is -2.33. The van der Waals surface area contributed by atoms with Crippen molar-refractivity contribution in [2.24, 2.45) is 0 Å². The monoisotopic (exact) mass is 437 g/mol. The number of carboxylic acids is 1. The Balaban J connectivity index is 1.63. The van der Waals surface area contributed by atoms with Gasteiger partial charge in [-0.3, -0.25) is 10.1 Å². The van der Waals surface area contributed by atoms with E-state index in [0.717, 1.165) is 22.4 Å². The highest BCUT2D eigenvalue weighted by Crippen LogP contribution is 2.41. The zero-order chi connectivity index (χ0) is 21.0. The molecule has 2 aromatic carbocycles. The van der Waals surface area contributed by atoms with Crippen LogP contribution in [0.15, 0.2) is 30.3 Å². The fraction of sp³-hybridized carbons (Fsp3) is 0.381. The van der Waals surface area contributed by atoms with Crippen LogP contribution in [0.5, 0.6) is 17.2 Å². The third-order valence-electron chi connectivity index (χ3n) is 4.57. The normalized spacial score (nSPS) is 18.5. The molecule has 2 unspecified atom stereocenters. The van der Waals surface area contributed by atoms with Gasteiger partial charge < -0.3 is 19.3 Å². The molecule has 29 heavy (non-hydrogen) atoms. The molecule has 1 saturated heterocycles. The Bertz CT molecular complexity index is 892. The molecule has 2 N–H and O–H groups in total. The van der Waals surface area contributed by atoms with E-state index in [0.29, 0.717) is 35.5 Å². The molecule has 156 valence electrons. The lowest BCUT2D eigenvalue weighted by molar-refractivity contribution is -0.138. The number of aryl methyl sites for hydroxylation is 2. The summed E-state index contributed by atoms with van der Waals surface area (Å²) in [5, 5.41) is 12.5. The first kappa shape index (κ1) is 21.6. The quantitative estimate of drug-likeness (QED) is 0.599. The molecule has 6 nitrogen and oxygen atoms in total. The van der Waals surface area contributed by atoms with E-state index in [2.05, 4.69) is 5.32 Å². The Kier molecular flexibility index (Phi) is 7.16. The van der Waals surface area contributed by atoms with Crippen LogP contribution in [-0.2, 0) is 4.79 Å². The minimum absolute atomic E-state index is 0.163. The van der Waals surface area contributed by atoms with E-state index in [-0.39, 0.29) is 5.37 Å². The van der Waals surface area contributed by atoms with E-state index in [9.17, 15) is 4.79 Å².